The van der Waals surface area contributed by atoms with E-state index in [-0.39, 0.29) is 11.2 Å². The van der Waals surface area contributed by atoms with Crippen molar-refractivity contribution in [1.29, 1.82) is 0 Å². The second-order valence-corrected chi connectivity index (χ2v) is 8.49. The number of rotatable bonds is 4. The summed E-state index contributed by atoms with van der Waals surface area (Å²) in [5, 5.41) is 2.39. The molecular formula is C21H17F6N3O2S. The number of fused-ring (bicyclic) bond motifs is 1. The summed E-state index contributed by atoms with van der Waals surface area (Å²) in [5.74, 6) is -1.11. The molecule has 1 amide bonds. The number of thiazole rings is 1. The molecule has 0 radical (unpaired) electrons. The fourth-order valence-electron chi connectivity index (χ4n) is 3.39. The molecule has 1 aliphatic heterocycles. The Hall–Kier alpha value is -2.70. The lowest BCUT2D eigenvalue weighted by Gasteiger charge is -2.26. The largest absolute Gasteiger partial charge is 0.416 e. The van der Waals surface area contributed by atoms with E-state index in [9.17, 15) is 31.1 Å². The molecule has 12 heteroatoms. The molecule has 1 aromatic heterocycles. The van der Waals surface area contributed by atoms with Crippen molar-refractivity contribution in [2.75, 3.05) is 31.6 Å². The van der Waals surface area contributed by atoms with E-state index >= 15 is 0 Å². The average molecular weight is 489 g/mol. The maximum absolute atomic E-state index is 13.1. The molecule has 0 spiro atoms. The maximum atomic E-state index is 13.1. The SMILES string of the molecule is O=C(Nc1nc2ccc(CN3CCOCC3)cc2s1)c1cc(C(F)(F)F)cc(C(F)(F)F)c1. The van der Waals surface area contributed by atoms with Crippen LogP contribution in [-0.4, -0.2) is 42.1 Å². The zero-order valence-electron chi connectivity index (χ0n) is 16.9. The smallest absolute Gasteiger partial charge is 0.379 e. The van der Waals surface area contributed by atoms with Crippen LogP contribution < -0.4 is 5.32 Å². The molecule has 3 aromatic rings. The minimum atomic E-state index is -5.04. The highest BCUT2D eigenvalue weighted by Gasteiger charge is 2.37. The van der Waals surface area contributed by atoms with Gasteiger partial charge in [-0.15, -0.1) is 0 Å². The molecule has 0 bridgehead atoms. The number of aromatic nitrogens is 1. The minimum Gasteiger partial charge on any atom is -0.379 e. The van der Waals surface area contributed by atoms with Gasteiger partial charge in [0.15, 0.2) is 5.13 Å². The predicted octanol–water partition coefficient (Wildman–Crippen LogP) is 5.42. The van der Waals surface area contributed by atoms with Gasteiger partial charge in [0, 0.05) is 25.2 Å². The van der Waals surface area contributed by atoms with Gasteiger partial charge in [-0.3, -0.25) is 15.0 Å². The normalized spacial score (nSPS) is 15.7. The molecule has 0 saturated carbocycles. The summed E-state index contributed by atoms with van der Waals surface area (Å²) in [6.45, 7) is 3.62. The lowest BCUT2D eigenvalue weighted by atomic mass is 10.0. The summed E-state index contributed by atoms with van der Waals surface area (Å²) >= 11 is 1.09. The third kappa shape index (κ3) is 5.63. The number of halogens is 6. The molecular weight excluding hydrogens is 472 g/mol. The summed E-state index contributed by atoms with van der Waals surface area (Å²) in [7, 11) is 0. The van der Waals surface area contributed by atoms with Crippen LogP contribution in [0.2, 0.25) is 0 Å². The predicted molar refractivity (Wildman–Crippen MR) is 110 cm³/mol. The Balaban J connectivity index is 1.56. The van der Waals surface area contributed by atoms with Crippen LogP contribution >= 0.6 is 11.3 Å². The molecule has 0 aliphatic carbocycles. The third-order valence-corrected chi connectivity index (χ3v) is 5.97. The van der Waals surface area contributed by atoms with Crippen LogP contribution in [0.25, 0.3) is 10.2 Å². The van der Waals surface area contributed by atoms with Crippen LogP contribution in [0.1, 0.15) is 27.0 Å². The molecule has 5 nitrogen and oxygen atoms in total. The fourth-order valence-corrected chi connectivity index (χ4v) is 4.32. The zero-order valence-corrected chi connectivity index (χ0v) is 17.7. The van der Waals surface area contributed by atoms with Gasteiger partial charge < -0.3 is 4.74 Å². The quantitative estimate of drug-likeness (QED) is 0.498. The van der Waals surface area contributed by atoms with E-state index in [0.717, 1.165) is 34.7 Å². The van der Waals surface area contributed by atoms with Gasteiger partial charge in [0.1, 0.15) is 0 Å². The standard InChI is InChI=1S/C21H17F6N3O2S/c22-20(23,24)14-8-13(9-15(10-14)21(25,26)27)18(31)29-19-28-16-2-1-12(7-17(16)33-19)11-30-3-5-32-6-4-30/h1-2,7-10H,3-6,11H2,(H,28,29,31). The minimum absolute atomic E-state index is 0.0234. The fraction of sp³-hybridized carbons (Fsp3) is 0.333. The zero-order chi connectivity index (χ0) is 23.8. The summed E-state index contributed by atoms with van der Waals surface area (Å²) in [6.07, 6.45) is -10.1. The summed E-state index contributed by atoms with van der Waals surface area (Å²) in [6, 6.07) is 6.28. The first-order valence-corrected chi connectivity index (χ1v) is 10.6. The maximum Gasteiger partial charge on any atom is 0.416 e. The van der Waals surface area contributed by atoms with Gasteiger partial charge in [-0.05, 0) is 35.9 Å². The van der Waals surface area contributed by atoms with Crippen LogP contribution in [0.3, 0.4) is 0 Å². The van der Waals surface area contributed by atoms with E-state index in [1.165, 1.54) is 0 Å². The van der Waals surface area contributed by atoms with Gasteiger partial charge in [0.05, 0.1) is 34.6 Å². The molecule has 33 heavy (non-hydrogen) atoms. The van der Waals surface area contributed by atoms with Crippen LogP contribution in [-0.2, 0) is 23.6 Å². The second kappa shape index (κ2) is 8.92. The molecule has 2 aromatic carbocycles. The van der Waals surface area contributed by atoms with Gasteiger partial charge in [0.2, 0.25) is 0 Å². The van der Waals surface area contributed by atoms with Crippen molar-refractivity contribution in [3.05, 3.63) is 58.7 Å². The number of nitrogens with zero attached hydrogens (tertiary/aromatic N) is 2. The Kier molecular flexibility index (Phi) is 6.34. The molecule has 4 rings (SSSR count). The number of carbonyl (C=O) groups is 1. The van der Waals surface area contributed by atoms with Gasteiger partial charge in [-0.25, -0.2) is 4.98 Å². The molecule has 1 N–H and O–H groups in total. The highest BCUT2D eigenvalue weighted by Crippen LogP contribution is 2.36. The first-order valence-electron chi connectivity index (χ1n) is 9.79. The number of nitrogens with one attached hydrogen (secondary N) is 1. The average Bonchev–Trinajstić information content (AvgIpc) is 3.14. The van der Waals surface area contributed by atoms with Crippen molar-refractivity contribution in [3.8, 4) is 0 Å². The monoisotopic (exact) mass is 489 g/mol. The van der Waals surface area contributed by atoms with Crippen LogP contribution in [0.15, 0.2) is 36.4 Å². The highest BCUT2D eigenvalue weighted by atomic mass is 32.1. The van der Waals surface area contributed by atoms with Crippen LogP contribution in [0, 0.1) is 0 Å². The van der Waals surface area contributed by atoms with Gasteiger partial charge in [-0.1, -0.05) is 17.4 Å². The van der Waals surface area contributed by atoms with E-state index in [2.05, 4.69) is 15.2 Å². The number of ether oxygens (including phenoxy) is 1. The van der Waals surface area contributed by atoms with Crippen molar-refractivity contribution >= 4 is 32.6 Å². The Morgan fingerprint density at radius 1 is 1.00 bits per heavy atom. The summed E-state index contributed by atoms with van der Waals surface area (Å²) in [5.41, 5.74) is -2.30. The first-order chi connectivity index (χ1) is 15.5. The highest BCUT2D eigenvalue weighted by molar-refractivity contribution is 7.22. The van der Waals surface area contributed by atoms with Crippen molar-refractivity contribution in [2.45, 2.75) is 18.9 Å². The number of benzene rings is 2. The molecule has 0 atom stereocenters. The Morgan fingerprint density at radius 2 is 1.64 bits per heavy atom. The number of carbonyl (C=O) groups excluding carboxylic acids is 1. The van der Waals surface area contributed by atoms with Crippen molar-refractivity contribution < 1.29 is 35.9 Å². The van der Waals surface area contributed by atoms with Gasteiger partial charge in [-0.2, -0.15) is 26.3 Å². The van der Waals surface area contributed by atoms with E-state index in [1.807, 2.05) is 12.1 Å². The number of hydrogen-bond donors (Lipinski definition) is 1. The van der Waals surface area contributed by atoms with E-state index in [4.69, 9.17) is 4.74 Å². The van der Waals surface area contributed by atoms with Gasteiger partial charge in [0.25, 0.3) is 5.91 Å². The Morgan fingerprint density at radius 3 is 2.24 bits per heavy atom. The van der Waals surface area contributed by atoms with Crippen LogP contribution in [0.5, 0.6) is 0 Å². The number of morpholine rings is 1. The van der Waals surface area contributed by atoms with Crippen molar-refractivity contribution in [1.82, 2.24) is 9.88 Å². The Bertz CT molecular complexity index is 1140. The molecule has 0 unspecified atom stereocenters. The third-order valence-electron chi connectivity index (χ3n) is 5.03. The molecule has 1 aliphatic rings. The van der Waals surface area contributed by atoms with Crippen LogP contribution in [0.4, 0.5) is 31.5 Å². The van der Waals surface area contributed by atoms with E-state index in [0.29, 0.717) is 37.4 Å². The number of anilines is 1. The molecule has 2 heterocycles. The number of alkyl halides is 6. The molecule has 1 saturated heterocycles. The second-order valence-electron chi connectivity index (χ2n) is 7.46. The first kappa shape index (κ1) is 23.5. The lowest BCUT2D eigenvalue weighted by molar-refractivity contribution is -0.143. The van der Waals surface area contributed by atoms with Gasteiger partial charge >= 0.3 is 12.4 Å². The van der Waals surface area contributed by atoms with Crippen molar-refractivity contribution in [3.63, 3.8) is 0 Å². The summed E-state index contributed by atoms with van der Waals surface area (Å²) in [4.78, 5) is 18.9. The Labute approximate surface area is 188 Å². The number of amides is 1. The van der Waals surface area contributed by atoms with Crippen molar-refractivity contribution in [2.24, 2.45) is 0 Å². The summed E-state index contributed by atoms with van der Waals surface area (Å²) < 4.78 is 84.4. The van der Waals surface area contributed by atoms with E-state index in [1.54, 1.807) is 6.07 Å². The van der Waals surface area contributed by atoms with E-state index < -0.39 is 35.0 Å². The molecule has 176 valence electrons. The molecule has 1 fully saturated rings. The lowest BCUT2D eigenvalue weighted by Crippen LogP contribution is -2.35. The number of hydrogen-bond acceptors (Lipinski definition) is 5. The topological polar surface area (TPSA) is 54.5 Å².